The molecule has 0 spiro atoms. The Morgan fingerprint density at radius 3 is 2.88 bits per heavy atom. The van der Waals surface area contributed by atoms with Crippen molar-refractivity contribution in [3.8, 4) is 0 Å². The summed E-state index contributed by atoms with van der Waals surface area (Å²) >= 11 is 0. The third-order valence-electron chi connectivity index (χ3n) is 3.47. The van der Waals surface area contributed by atoms with Crippen LogP contribution in [0.1, 0.15) is 39.0 Å². The van der Waals surface area contributed by atoms with Crippen LogP contribution < -0.4 is 11.1 Å². The largest absolute Gasteiger partial charge is 0.384 e. The minimum Gasteiger partial charge on any atom is -0.384 e. The van der Waals surface area contributed by atoms with Crippen LogP contribution in [-0.4, -0.2) is 11.0 Å². The van der Waals surface area contributed by atoms with Gasteiger partial charge in [-0.05, 0) is 30.9 Å². The van der Waals surface area contributed by atoms with Gasteiger partial charge in [-0.25, -0.2) is 4.98 Å². The molecule has 1 aromatic heterocycles. The predicted octanol–water partition coefficient (Wildman–Crippen LogP) is 3.04. The Kier molecular flexibility index (Phi) is 3.65. The highest BCUT2D eigenvalue weighted by atomic mass is 15.0. The quantitative estimate of drug-likeness (QED) is 0.752. The van der Waals surface area contributed by atoms with Gasteiger partial charge in [-0.1, -0.05) is 32.3 Å². The van der Waals surface area contributed by atoms with E-state index < -0.39 is 0 Å². The van der Waals surface area contributed by atoms with E-state index in [1.54, 1.807) is 0 Å². The molecular formula is C13H21N3. The predicted molar refractivity (Wildman–Crippen MR) is 68.3 cm³/mol. The average Bonchev–Trinajstić information content (AvgIpc) is 2.45. The summed E-state index contributed by atoms with van der Waals surface area (Å²) in [5.41, 5.74) is 5.68. The second-order valence-corrected chi connectivity index (χ2v) is 4.81. The van der Waals surface area contributed by atoms with E-state index in [1.807, 2.05) is 18.2 Å². The van der Waals surface area contributed by atoms with Crippen LogP contribution in [0.2, 0.25) is 0 Å². The number of hydrogen-bond acceptors (Lipinski definition) is 3. The van der Waals surface area contributed by atoms with Gasteiger partial charge in [0.2, 0.25) is 0 Å². The van der Waals surface area contributed by atoms with Gasteiger partial charge in [-0.15, -0.1) is 0 Å². The van der Waals surface area contributed by atoms with Crippen LogP contribution in [0.15, 0.2) is 18.2 Å². The number of nitrogens with zero attached hydrogens (tertiary/aromatic N) is 1. The molecule has 2 rings (SSSR count). The molecule has 0 saturated heterocycles. The zero-order chi connectivity index (χ0) is 11.4. The lowest BCUT2D eigenvalue weighted by Gasteiger charge is -2.23. The topological polar surface area (TPSA) is 50.9 Å². The number of hydrogen-bond donors (Lipinski definition) is 2. The van der Waals surface area contributed by atoms with Crippen molar-refractivity contribution in [3.05, 3.63) is 18.2 Å². The van der Waals surface area contributed by atoms with E-state index in [0.717, 1.165) is 11.7 Å². The van der Waals surface area contributed by atoms with Crippen LogP contribution in [0.3, 0.4) is 0 Å². The molecule has 2 unspecified atom stereocenters. The summed E-state index contributed by atoms with van der Waals surface area (Å²) in [4.78, 5) is 4.30. The first-order valence-corrected chi connectivity index (χ1v) is 6.25. The Labute approximate surface area is 97.5 Å². The Bertz CT molecular complexity index is 338. The number of nitrogens with one attached hydrogen (secondary N) is 1. The molecule has 3 N–H and O–H groups in total. The summed E-state index contributed by atoms with van der Waals surface area (Å²) in [5, 5.41) is 3.52. The van der Waals surface area contributed by atoms with Gasteiger partial charge < -0.3 is 11.1 Å². The molecule has 1 aliphatic rings. The highest BCUT2D eigenvalue weighted by molar-refractivity contribution is 5.42. The van der Waals surface area contributed by atoms with Crippen LogP contribution >= 0.6 is 0 Å². The maximum Gasteiger partial charge on any atom is 0.128 e. The molecule has 2 atom stereocenters. The van der Waals surface area contributed by atoms with Crippen molar-refractivity contribution >= 4 is 11.6 Å². The number of anilines is 2. The molecule has 16 heavy (non-hydrogen) atoms. The number of rotatable bonds is 2. The van der Waals surface area contributed by atoms with E-state index in [2.05, 4.69) is 17.2 Å². The first-order valence-electron chi connectivity index (χ1n) is 6.25. The molecule has 1 fully saturated rings. The van der Waals surface area contributed by atoms with Crippen LogP contribution in [0, 0.1) is 5.92 Å². The molecule has 1 saturated carbocycles. The number of nitrogen functional groups attached to an aromatic ring is 1. The molecule has 0 radical (unpaired) electrons. The SMILES string of the molecule is CC1CCCCCC1Nc1cccc(N)n1. The minimum atomic E-state index is 0.553. The zero-order valence-electron chi connectivity index (χ0n) is 9.95. The normalized spacial score (nSPS) is 26.1. The average molecular weight is 219 g/mol. The molecule has 0 aromatic carbocycles. The van der Waals surface area contributed by atoms with E-state index in [1.165, 1.54) is 32.1 Å². The third kappa shape index (κ3) is 2.87. The molecule has 0 amide bonds. The van der Waals surface area contributed by atoms with Crippen molar-refractivity contribution in [2.24, 2.45) is 5.92 Å². The van der Waals surface area contributed by atoms with Gasteiger partial charge in [0.15, 0.2) is 0 Å². The molecule has 1 aliphatic carbocycles. The fourth-order valence-electron chi connectivity index (χ4n) is 2.43. The van der Waals surface area contributed by atoms with Gasteiger partial charge in [0.1, 0.15) is 11.6 Å². The summed E-state index contributed by atoms with van der Waals surface area (Å²) in [6.45, 7) is 2.33. The Hall–Kier alpha value is -1.25. The molecule has 0 aliphatic heterocycles. The van der Waals surface area contributed by atoms with Crippen molar-refractivity contribution in [3.63, 3.8) is 0 Å². The molecule has 1 aromatic rings. The summed E-state index contributed by atoms with van der Waals surface area (Å²) in [6, 6.07) is 6.32. The lowest BCUT2D eigenvalue weighted by Crippen LogP contribution is -2.26. The summed E-state index contributed by atoms with van der Waals surface area (Å²) in [5.74, 6) is 2.23. The summed E-state index contributed by atoms with van der Waals surface area (Å²) in [6.07, 6.45) is 6.62. The Balaban J connectivity index is 2.02. The second-order valence-electron chi connectivity index (χ2n) is 4.81. The highest BCUT2D eigenvalue weighted by Gasteiger charge is 2.19. The highest BCUT2D eigenvalue weighted by Crippen LogP contribution is 2.25. The van der Waals surface area contributed by atoms with Gasteiger partial charge in [-0.3, -0.25) is 0 Å². The molecule has 3 heteroatoms. The van der Waals surface area contributed by atoms with Gasteiger partial charge >= 0.3 is 0 Å². The Morgan fingerprint density at radius 2 is 2.06 bits per heavy atom. The molecular weight excluding hydrogens is 198 g/mol. The van der Waals surface area contributed by atoms with Crippen molar-refractivity contribution in [2.45, 2.75) is 45.1 Å². The van der Waals surface area contributed by atoms with Crippen LogP contribution in [0.4, 0.5) is 11.6 Å². The van der Waals surface area contributed by atoms with E-state index in [-0.39, 0.29) is 0 Å². The standard InChI is InChI=1S/C13H21N3/c1-10-6-3-2-4-7-11(10)15-13-9-5-8-12(14)16-13/h5,8-11H,2-4,6-7H2,1H3,(H3,14,15,16). The number of pyridine rings is 1. The van der Waals surface area contributed by atoms with E-state index in [0.29, 0.717) is 11.9 Å². The van der Waals surface area contributed by atoms with Crippen molar-refractivity contribution in [2.75, 3.05) is 11.1 Å². The van der Waals surface area contributed by atoms with Gasteiger partial charge in [-0.2, -0.15) is 0 Å². The molecule has 0 bridgehead atoms. The Morgan fingerprint density at radius 1 is 1.25 bits per heavy atom. The first kappa shape index (κ1) is 11.2. The van der Waals surface area contributed by atoms with Crippen molar-refractivity contribution in [1.29, 1.82) is 0 Å². The first-order chi connectivity index (χ1) is 7.75. The summed E-state index contributed by atoms with van der Waals surface area (Å²) < 4.78 is 0. The van der Waals surface area contributed by atoms with Crippen LogP contribution in [0.25, 0.3) is 0 Å². The van der Waals surface area contributed by atoms with Gasteiger partial charge in [0.05, 0.1) is 0 Å². The third-order valence-corrected chi connectivity index (χ3v) is 3.47. The second kappa shape index (κ2) is 5.19. The fraction of sp³-hybridized carbons (Fsp3) is 0.615. The minimum absolute atomic E-state index is 0.553. The maximum absolute atomic E-state index is 5.68. The van der Waals surface area contributed by atoms with Gasteiger partial charge in [0.25, 0.3) is 0 Å². The molecule has 88 valence electrons. The zero-order valence-corrected chi connectivity index (χ0v) is 9.95. The van der Waals surface area contributed by atoms with E-state index in [9.17, 15) is 0 Å². The van der Waals surface area contributed by atoms with E-state index in [4.69, 9.17) is 5.73 Å². The maximum atomic E-state index is 5.68. The number of aromatic nitrogens is 1. The van der Waals surface area contributed by atoms with E-state index >= 15 is 0 Å². The smallest absolute Gasteiger partial charge is 0.128 e. The number of nitrogens with two attached hydrogens (primary N) is 1. The lowest BCUT2D eigenvalue weighted by molar-refractivity contribution is 0.456. The fourth-order valence-corrected chi connectivity index (χ4v) is 2.43. The van der Waals surface area contributed by atoms with Crippen molar-refractivity contribution < 1.29 is 0 Å². The molecule has 1 heterocycles. The monoisotopic (exact) mass is 219 g/mol. The summed E-state index contributed by atoms with van der Waals surface area (Å²) in [7, 11) is 0. The van der Waals surface area contributed by atoms with Crippen LogP contribution in [-0.2, 0) is 0 Å². The lowest BCUT2D eigenvalue weighted by atomic mass is 9.97. The van der Waals surface area contributed by atoms with Crippen molar-refractivity contribution in [1.82, 2.24) is 4.98 Å². The van der Waals surface area contributed by atoms with Gasteiger partial charge in [0, 0.05) is 6.04 Å². The van der Waals surface area contributed by atoms with Crippen LogP contribution in [0.5, 0.6) is 0 Å². The molecule has 3 nitrogen and oxygen atoms in total.